The summed E-state index contributed by atoms with van der Waals surface area (Å²) in [4.78, 5) is 62.9. The summed E-state index contributed by atoms with van der Waals surface area (Å²) in [7, 11) is 0. The molecule has 6 amide bonds. The Hall–Kier alpha value is -4.99. The van der Waals surface area contributed by atoms with E-state index < -0.39 is 35.7 Å². The topological polar surface area (TPSA) is 138 Å². The highest BCUT2D eigenvalue weighted by Crippen LogP contribution is 2.31. The second-order valence-electron chi connectivity index (χ2n) is 8.94. The van der Waals surface area contributed by atoms with Gasteiger partial charge in [0.25, 0.3) is 11.8 Å². The Labute approximate surface area is 209 Å². The van der Waals surface area contributed by atoms with Crippen LogP contribution in [0.15, 0.2) is 65.1 Å². The van der Waals surface area contributed by atoms with E-state index in [4.69, 9.17) is 4.42 Å². The van der Waals surface area contributed by atoms with Gasteiger partial charge in [0.05, 0.1) is 11.1 Å². The van der Waals surface area contributed by atoms with Gasteiger partial charge in [-0.15, -0.1) is 0 Å². The van der Waals surface area contributed by atoms with Crippen molar-refractivity contribution >= 4 is 57.3 Å². The summed E-state index contributed by atoms with van der Waals surface area (Å²) in [5.41, 5.74) is 3.02. The number of nitrogens with one attached hydrogen (secondary N) is 3. The zero-order valence-corrected chi connectivity index (χ0v) is 19.4. The second-order valence-corrected chi connectivity index (χ2v) is 8.94. The van der Waals surface area contributed by atoms with Gasteiger partial charge in [0.1, 0.15) is 17.2 Å². The molecule has 0 aliphatic carbocycles. The number of nitrogens with zero attached hydrogens (tertiary/aromatic N) is 1. The maximum Gasteiger partial charge on any atom is 0.319 e. The van der Waals surface area contributed by atoms with Crippen LogP contribution in [0.5, 0.6) is 0 Å². The van der Waals surface area contributed by atoms with Gasteiger partial charge in [-0.1, -0.05) is 24.3 Å². The molecule has 10 heteroatoms. The van der Waals surface area contributed by atoms with Crippen LogP contribution in [-0.4, -0.2) is 40.6 Å². The van der Waals surface area contributed by atoms with Crippen LogP contribution in [0.1, 0.15) is 39.1 Å². The molecule has 37 heavy (non-hydrogen) atoms. The highest BCUT2D eigenvalue weighted by atomic mass is 16.3. The minimum Gasteiger partial charge on any atom is -0.456 e. The van der Waals surface area contributed by atoms with Crippen molar-refractivity contribution in [3.05, 3.63) is 77.4 Å². The van der Waals surface area contributed by atoms with Crippen molar-refractivity contribution in [3.63, 3.8) is 0 Å². The first-order chi connectivity index (χ1) is 17.9. The number of carbonyl (C=O) groups is 5. The first-order valence-corrected chi connectivity index (χ1v) is 11.7. The van der Waals surface area contributed by atoms with E-state index in [0.717, 1.165) is 26.8 Å². The molecule has 1 aromatic heterocycles. The number of fused-ring (bicyclic) bond motifs is 4. The fraction of sp³-hybridized carbons (Fsp3) is 0.148. The summed E-state index contributed by atoms with van der Waals surface area (Å²) >= 11 is 0. The van der Waals surface area contributed by atoms with Crippen LogP contribution >= 0.6 is 0 Å². The van der Waals surface area contributed by atoms with Crippen molar-refractivity contribution in [1.82, 2.24) is 15.5 Å². The molecule has 0 spiro atoms. The number of carbonyl (C=O) groups excluding carboxylic acids is 5. The fourth-order valence-electron chi connectivity index (χ4n) is 4.79. The monoisotopic (exact) mass is 496 g/mol. The van der Waals surface area contributed by atoms with E-state index in [0.29, 0.717) is 11.3 Å². The van der Waals surface area contributed by atoms with Crippen molar-refractivity contribution in [2.75, 3.05) is 5.32 Å². The van der Waals surface area contributed by atoms with E-state index in [1.165, 1.54) is 12.1 Å². The summed E-state index contributed by atoms with van der Waals surface area (Å²) in [6, 6.07) is 16.2. The van der Waals surface area contributed by atoms with Crippen LogP contribution in [-0.2, 0) is 16.1 Å². The second kappa shape index (κ2) is 8.59. The van der Waals surface area contributed by atoms with Crippen LogP contribution in [0, 0.1) is 0 Å². The molecule has 6 rings (SSSR count). The maximum absolute atomic E-state index is 13.0. The molecule has 1 saturated heterocycles. The Morgan fingerprint density at radius 2 is 1.70 bits per heavy atom. The van der Waals surface area contributed by atoms with Crippen LogP contribution in [0.3, 0.4) is 0 Å². The SMILES string of the molecule is O=C1CCC(N2C(=O)c3ccc(CNC(=O)Nc4ccc5oc6ccccc6c5c4)cc3C2=O)C(=O)N1. The number of amides is 6. The predicted molar refractivity (Wildman–Crippen MR) is 133 cm³/mol. The van der Waals surface area contributed by atoms with Crippen molar-refractivity contribution in [2.24, 2.45) is 0 Å². The average Bonchev–Trinajstić information content (AvgIpc) is 3.37. The third-order valence-corrected chi connectivity index (χ3v) is 6.59. The quantitative estimate of drug-likeness (QED) is 0.371. The Bertz CT molecular complexity index is 1660. The minimum absolute atomic E-state index is 0.0534. The van der Waals surface area contributed by atoms with E-state index in [9.17, 15) is 24.0 Å². The number of urea groups is 1. The van der Waals surface area contributed by atoms with Gasteiger partial charge in [-0.05, 0) is 48.4 Å². The Balaban J connectivity index is 1.14. The molecule has 3 heterocycles. The summed E-state index contributed by atoms with van der Waals surface area (Å²) in [5, 5.41) is 9.54. The Morgan fingerprint density at radius 3 is 2.54 bits per heavy atom. The van der Waals surface area contributed by atoms with Gasteiger partial charge in [0.15, 0.2) is 0 Å². The van der Waals surface area contributed by atoms with Crippen molar-refractivity contribution in [1.29, 1.82) is 0 Å². The van der Waals surface area contributed by atoms with Gasteiger partial charge in [-0.25, -0.2) is 4.79 Å². The first kappa shape index (κ1) is 22.5. The molecule has 0 radical (unpaired) electrons. The zero-order chi connectivity index (χ0) is 25.7. The van der Waals surface area contributed by atoms with Crippen molar-refractivity contribution in [3.8, 4) is 0 Å². The van der Waals surface area contributed by atoms with Gasteiger partial charge >= 0.3 is 6.03 Å². The van der Waals surface area contributed by atoms with Crippen LogP contribution in [0.25, 0.3) is 21.9 Å². The summed E-state index contributed by atoms with van der Waals surface area (Å²) in [5.74, 6) is -2.26. The molecule has 0 saturated carbocycles. The molecule has 1 unspecified atom stereocenters. The summed E-state index contributed by atoms with van der Waals surface area (Å²) < 4.78 is 5.81. The number of hydrogen-bond acceptors (Lipinski definition) is 6. The number of imide groups is 2. The lowest BCUT2D eigenvalue weighted by molar-refractivity contribution is -0.136. The van der Waals surface area contributed by atoms with Gasteiger partial charge < -0.3 is 15.1 Å². The van der Waals surface area contributed by atoms with Crippen molar-refractivity contribution < 1.29 is 28.4 Å². The number of furan rings is 1. The molecular formula is C27H20N4O6. The lowest BCUT2D eigenvalue weighted by atomic mass is 10.0. The molecule has 0 bridgehead atoms. The normalized spacial score (nSPS) is 17.3. The smallest absolute Gasteiger partial charge is 0.319 e. The number of benzene rings is 3. The van der Waals surface area contributed by atoms with Crippen LogP contribution < -0.4 is 16.0 Å². The molecule has 1 fully saturated rings. The lowest BCUT2D eigenvalue weighted by Gasteiger charge is -2.27. The largest absolute Gasteiger partial charge is 0.456 e. The molecule has 2 aliphatic heterocycles. The highest BCUT2D eigenvalue weighted by Gasteiger charge is 2.44. The number of piperidine rings is 1. The highest BCUT2D eigenvalue weighted by molar-refractivity contribution is 6.23. The summed E-state index contributed by atoms with van der Waals surface area (Å²) in [6.45, 7) is 0.107. The van der Waals surface area contributed by atoms with Crippen molar-refractivity contribution in [2.45, 2.75) is 25.4 Å². The van der Waals surface area contributed by atoms with E-state index in [-0.39, 0.29) is 30.5 Å². The number of rotatable bonds is 4. The summed E-state index contributed by atoms with van der Waals surface area (Å²) in [6.07, 6.45) is 0.142. The first-order valence-electron chi connectivity index (χ1n) is 11.7. The van der Waals surface area contributed by atoms with Gasteiger partial charge in [0, 0.05) is 29.4 Å². The van der Waals surface area contributed by atoms with Crippen LogP contribution in [0.4, 0.5) is 10.5 Å². The Morgan fingerprint density at radius 1 is 0.919 bits per heavy atom. The molecule has 3 N–H and O–H groups in total. The average molecular weight is 496 g/mol. The van der Waals surface area contributed by atoms with E-state index in [2.05, 4.69) is 16.0 Å². The molecule has 2 aliphatic rings. The van der Waals surface area contributed by atoms with E-state index in [1.54, 1.807) is 18.2 Å². The predicted octanol–water partition coefficient (Wildman–Crippen LogP) is 3.31. The van der Waals surface area contributed by atoms with Gasteiger partial charge in [0.2, 0.25) is 11.8 Å². The molecule has 4 aromatic rings. The maximum atomic E-state index is 13.0. The van der Waals surface area contributed by atoms with E-state index in [1.807, 2.05) is 30.3 Å². The Kier molecular flexibility index (Phi) is 5.22. The third-order valence-electron chi connectivity index (χ3n) is 6.59. The molecule has 184 valence electrons. The lowest BCUT2D eigenvalue weighted by Crippen LogP contribution is -2.54. The molecule has 10 nitrogen and oxygen atoms in total. The van der Waals surface area contributed by atoms with Gasteiger partial charge in [-0.3, -0.25) is 29.4 Å². The standard InChI is InChI=1S/C27H20N4O6/c32-23-10-8-20(24(33)30-23)31-25(34)17-7-5-14(11-19(17)26(31)35)13-28-27(36)29-15-6-9-22-18(12-15)16-3-1-2-4-21(16)37-22/h1-7,9,11-12,20H,8,10,13H2,(H2,28,29,36)(H,30,32,33). The molecular weight excluding hydrogens is 476 g/mol. The fourth-order valence-corrected chi connectivity index (χ4v) is 4.79. The third kappa shape index (κ3) is 3.88. The number of para-hydroxylation sites is 1. The zero-order valence-electron chi connectivity index (χ0n) is 19.4. The van der Waals surface area contributed by atoms with Crippen LogP contribution in [0.2, 0.25) is 0 Å². The van der Waals surface area contributed by atoms with E-state index >= 15 is 0 Å². The number of anilines is 1. The minimum atomic E-state index is -1.03. The van der Waals surface area contributed by atoms with Gasteiger partial charge in [-0.2, -0.15) is 0 Å². The molecule has 3 aromatic carbocycles. The molecule has 1 atom stereocenters. The number of hydrogen-bond donors (Lipinski definition) is 3.